The summed E-state index contributed by atoms with van der Waals surface area (Å²) in [7, 11) is 3.36. The van der Waals surface area contributed by atoms with Crippen molar-refractivity contribution >= 4 is 5.84 Å². The molecule has 0 saturated carbocycles. The molecule has 1 atom stereocenters. The fraction of sp³-hybridized carbons (Fsp3) is 0.462. The molecule has 0 aromatic heterocycles. The molecule has 4 heteroatoms. The van der Waals surface area contributed by atoms with Gasteiger partial charge in [-0.2, -0.15) is 0 Å². The molecule has 1 aromatic carbocycles. The Morgan fingerprint density at radius 3 is 2.82 bits per heavy atom. The summed E-state index contributed by atoms with van der Waals surface area (Å²) in [4.78, 5) is 4.49. The van der Waals surface area contributed by atoms with Gasteiger partial charge >= 0.3 is 0 Å². The number of aliphatic imine (C=N–C) groups is 1. The maximum absolute atomic E-state index is 5.42. The van der Waals surface area contributed by atoms with Crippen LogP contribution in [-0.4, -0.2) is 33.1 Å². The van der Waals surface area contributed by atoms with Gasteiger partial charge < -0.3 is 14.8 Å². The van der Waals surface area contributed by atoms with Crippen LogP contribution in [0.15, 0.2) is 17.1 Å². The molecule has 0 spiro atoms. The van der Waals surface area contributed by atoms with Crippen LogP contribution >= 0.6 is 0 Å². The van der Waals surface area contributed by atoms with Crippen molar-refractivity contribution in [3.8, 4) is 11.5 Å². The van der Waals surface area contributed by atoms with Crippen LogP contribution in [0.1, 0.15) is 17.0 Å². The van der Waals surface area contributed by atoms with Gasteiger partial charge in [-0.15, -0.1) is 0 Å². The number of nitrogens with one attached hydrogen (secondary N) is 1. The Labute approximate surface area is 101 Å². The van der Waals surface area contributed by atoms with Crippen molar-refractivity contribution in [2.45, 2.75) is 12.3 Å². The maximum Gasteiger partial charge on any atom is 0.164 e. The lowest BCUT2D eigenvalue weighted by Gasteiger charge is -2.32. The molecule has 1 aliphatic carbocycles. The number of nitrogens with zero attached hydrogens (tertiary/aromatic N) is 1. The molecule has 1 aliphatic heterocycles. The number of amidine groups is 1. The highest BCUT2D eigenvalue weighted by Crippen LogP contribution is 2.46. The van der Waals surface area contributed by atoms with E-state index in [0.717, 1.165) is 36.8 Å². The van der Waals surface area contributed by atoms with Gasteiger partial charge in [-0.1, -0.05) is 6.07 Å². The number of ether oxygens (including phenoxy) is 2. The second-order valence-electron chi connectivity index (χ2n) is 4.32. The molecule has 0 bridgehead atoms. The zero-order valence-corrected chi connectivity index (χ0v) is 10.1. The maximum atomic E-state index is 5.42. The van der Waals surface area contributed by atoms with Gasteiger partial charge in [-0.25, -0.2) is 0 Å². The predicted molar refractivity (Wildman–Crippen MR) is 66.3 cm³/mol. The van der Waals surface area contributed by atoms with Gasteiger partial charge in [0.15, 0.2) is 11.5 Å². The van der Waals surface area contributed by atoms with Crippen molar-refractivity contribution in [1.82, 2.24) is 5.32 Å². The van der Waals surface area contributed by atoms with E-state index in [1.807, 2.05) is 6.07 Å². The minimum atomic E-state index is 0.423. The van der Waals surface area contributed by atoms with Crippen LogP contribution in [0.3, 0.4) is 0 Å². The molecule has 90 valence electrons. The summed E-state index contributed by atoms with van der Waals surface area (Å²) in [5.41, 5.74) is 2.57. The Morgan fingerprint density at radius 1 is 1.29 bits per heavy atom. The monoisotopic (exact) mass is 232 g/mol. The van der Waals surface area contributed by atoms with E-state index in [1.165, 1.54) is 11.1 Å². The van der Waals surface area contributed by atoms with Crippen LogP contribution in [0.5, 0.6) is 11.5 Å². The van der Waals surface area contributed by atoms with Gasteiger partial charge in [0.1, 0.15) is 5.84 Å². The molecule has 1 heterocycles. The van der Waals surface area contributed by atoms with E-state index in [2.05, 4.69) is 16.4 Å². The third-order valence-corrected chi connectivity index (χ3v) is 3.50. The van der Waals surface area contributed by atoms with E-state index in [0.29, 0.717) is 5.92 Å². The fourth-order valence-corrected chi connectivity index (χ4v) is 2.62. The molecule has 2 aliphatic rings. The number of hydrogen-bond acceptors (Lipinski definition) is 4. The number of hydrogen-bond donors (Lipinski definition) is 1. The minimum Gasteiger partial charge on any atom is -0.493 e. The Hall–Kier alpha value is -1.71. The third kappa shape index (κ3) is 1.47. The minimum absolute atomic E-state index is 0.423. The molecule has 0 unspecified atom stereocenters. The van der Waals surface area contributed by atoms with Crippen molar-refractivity contribution in [1.29, 1.82) is 0 Å². The van der Waals surface area contributed by atoms with Crippen LogP contribution < -0.4 is 14.8 Å². The second kappa shape index (κ2) is 3.95. The van der Waals surface area contributed by atoms with Gasteiger partial charge in [0, 0.05) is 18.0 Å². The van der Waals surface area contributed by atoms with Crippen molar-refractivity contribution in [2.75, 3.05) is 27.3 Å². The SMILES string of the molecule is COc1ccc2c(c1OC)C[C@H]2C1=NCCN1. The lowest BCUT2D eigenvalue weighted by atomic mass is 9.76. The molecule has 17 heavy (non-hydrogen) atoms. The topological polar surface area (TPSA) is 42.9 Å². The fourth-order valence-electron chi connectivity index (χ4n) is 2.62. The van der Waals surface area contributed by atoms with E-state index >= 15 is 0 Å². The van der Waals surface area contributed by atoms with E-state index in [9.17, 15) is 0 Å². The van der Waals surface area contributed by atoms with Gasteiger partial charge in [0.05, 0.1) is 20.8 Å². The highest BCUT2D eigenvalue weighted by atomic mass is 16.5. The number of fused-ring (bicyclic) bond motifs is 1. The molecule has 0 saturated heterocycles. The van der Waals surface area contributed by atoms with Crippen LogP contribution in [0.2, 0.25) is 0 Å². The molecule has 4 nitrogen and oxygen atoms in total. The van der Waals surface area contributed by atoms with Gasteiger partial charge in [0.25, 0.3) is 0 Å². The van der Waals surface area contributed by atoms with E-state index in [4.69, 9.17) is 9.47 Å². The van der Waals surface area contributed by atoms with Crippen molar-refractivity contribution in [2.24, 2.45) is 4.99 Å². The predicted octanol–water partition coefficient (Wildman–Crippen LogP) is 1.35. The number of benzene rings is 1. The largest absolute Gasteiger partial charge is 0.493 e. The first-order valence-electron chi connectivity index (χ1n) is 5.87. The summed E-state index contributed by atoms with van der Waals surface area (Å²) in [5.74, 6) is 3.24. The smallest absolute Gasteiger partial charge is 0.164 e. The summed E-state index contributed by atoms with van der Waals surface area (Å²) >= 11 is 0. The molecular formula is C13H16N2O2. The number of rotatable bonds is 3. The standard InChI is InChI=1S/C13H16N2O2/c1-16-11-4-3-8-9(12(11)17-2)7-10(8)13-14-5-6-15-13/h3-4,10H,5-7H2,1-2H3,(H,14,15)/t10-/m1/s1. The molecule has 0 radical (unpaired) electrons. The first-order valence-corrected chi connectivity index (χ1v) is 5.87. The average Bonchev–Trinajstić information content (AvgIpc) is 2.83. The Kier molecular flexibility index (Phi) is 2.42. The van der Waals surface area contributed by atoms with Crippen LogP contribution in [0, 0.1) is 0 Å². The van der Waals surface area contributed by atoms with Crippen molar-refractivity contribution < 1.29 is 9.47 Å². The highest BCUT2D eigenvalue weighted by Gasteiger charge is 2.35. The van der Waals surface area contributed by atoms with Crippen molar-refractivity contribution in [3.63, 3.8) is 0 Å². The third-order valence-electron chi connectivity index (χ3n) is 3.50. The Bertz CT molecular complexity index is 483. The van der Waals surface area contributed by atoms with Crippen LogP contribution in [-0.2, 0) is 6.42 Å². The number of methoxy groups -OCH3 is 2. The molecule has 0 amide bonds. The van der Waals surface area contributed by atoms with Gasteiger partial charge in [-0.3, -0.25) is 4.99 Å². The van der Waals surface area contributed by atoms with Gasteiger partial charge in [-0.05, 0) is 18.1 Å². The average molecular weight is 232 g/mol. The van der Waals surface area contributed by atoms with Crippen LogP contribution in [0.25, 0.3) is 0 Å². The van der Waals surface area contributed by atoms with E-state index in [-0.39, 0.29) is 0 Å². The first kappa shape index (κ1) is 10.4. The summed E-state index contributed by atoms with van der Waals surface area (Å²) in [6, 6.07) is 4.09. The quantitative estimate of drug-likeness (QED) is 0.855. The first-order chi connectivity index (χ1) is 8.35. The van der Waals surface area contributed by atoms with Crippen LogP contribution in [0.4, 0.5) is 0 Å². The zero-order valence-electron chi connectivity index (χ0n) is 10.1. The Morgan fingerprint density at radius 2 is 2.18 bits per heavy atom. The van der Waals surface area contributed by atoms with E-state index in [1.54, 1.807) is 14.2 Å². The highest BCUT2D eigenvalue weighted by molar-refractivity contribution is 5.93. The molecule has 1 aromatic rings. The van der Waals surface area contributed by atoms with Crippen molar-refractivity contribution in [3.05, 3.63) is 23.3 Å². The summed E-state index contributed by atoms with van der Waals surface area (Å²) < 4.78 is 10.7. The zero-order chi connectivity index (χ0) is 11.8. The summed E-state index contributed by atoms with van der Waals surface area (Å²) in [5, 5.41) is 3.34. The summed E-state index contributed by atoms with van der Waals surface area (Å²) in [6.07, 6.45) is 0.988. The molecule has 0 fully saturated rings. The van der Waals surface area contributed by atoms with E-state index < -0.39 is 0 Å². The Balaban J connectivity index is 1.95. The second-order valence-corrected chi connectivity index (χ2v) is 4.32. The molecule has 1 N–H and O–H groups in total. The lowest BCUT2D eigenvalue weighted by molar-refractivity contribution is 0.348. The van der Waals surface area contributed by atoms with Gasteiger partial charge in [0.2, 0.25) is 0 Å². The molecular weight excluding hydrogens is 216 g/mol. The normalized spacial score (nSPS) is 21.1. The molecule has 3 rings (SSSR count). The summed E-state index contributed by atoms with van der Waals surface area (Å²) in [6.45, 7) is 1.86. The lowest BCUT2D eigenvalue weighted by Crippen LogP contribution is -2.33.